The Labute approximate surface area is 72.3 Å². The van der Waals surface area contributed by atoms with Crippen LogP contribution in [0.3, 0.4) is 0 Å². The molecular weight excluding hydrogens is 152 g/mol. The third kappa shape index (κ3) is 3.39. The van der Waals surface area contributed by atoms with Gasteiger partial charge in [0.2, 0.25) is 0 Å². The molecule has 2 heteroatoms. The zero-order valence-corrected chi connectivity index (χ0v) is 9.69. The second kappa shape index (κ2) is 3.72. The van der Waals surface area contributed by atoms with E-state index in [0.717, 1.165) is 6.42 Å². The third-order valence-electron chi connectivity index (χ3n) is 2.35. The second-order valence-corrected chi connectivity index (χ2v) is 9.21. The predicted octanol–water partition coefficient (Wildman–Crippen LogP) is 3.58. The van der Waals surface area contributed by atoms with Crippen LogP contribution in [0.5, 0.6) is 0 Å². The van der Waals surface area contributed by atoms with Gasteiger partial charge in [0.05, 0.1) is 6.61 Å². The maximum Gasteiger partial charge on any atom is 0.192 e. The molecule has 1 nitrogen and oxygen atoms in total. The molecule has 1 radical (unpaired) electrons. The van der Waals surface area contributed by atoms with Crippen LogP contribution in [0.2, 0.25) is 18.1 Å². The molecule has 0 fully saturated rings. The first-order valence-electron chi connectivity index (χ1n) is 4.31. The lowest BCUT2D eigenvalue weighted by molar-refractivity contribution is 0.360. The molecule has 0 heterocycles. The standard InChI is InChI=1S/C9H21OSi/c1-7-8-10-11(5,6)9(2,3)4/h8H,7H2,1-6H3. The molecule has 0 bridgehead atoms. The van der Waals surface area contributed by atoms with Gasteiger partial charge < -0.3 is 4.43 Å². The summed E-state index contributed by atoms with van der Waals surface area (Å²) in [6.07, 6.45) is 1.01. The monoisotopic (exact) mass is 173 g/mol. The van der Waals surface area contributed by atoms with Crippen LogP contribution in [0.4, 0.5) is 0 Å². The minimum absolute atomic E-state index is 0.332. The van der Waals surface area contributed by atoms with Crippen molar-refractivity contribution in [3.05, 3.63) is 6.61 Å². The highest BCUT2D eigenvalue weighted by Crippen LogP contribution is 2.36. The lowest BCUT2D eigenvalue weighted by Gasteiger charge is -2.35. The van der Waals surface area contributed by atoms with E-state index in [1.165, 1.54) is 0 Å². The lowest BCUT2D eigenvalue weighted by Crippen LogP contribution is -2.39. The van der Waals surface area contributed by atoms with Crippen LogP contribution < -0.4 is 0 Å². The summed E-state index contributed by atoms with van der Waals surface area (Å²) in [5.41, 5.74) is 0. The van der Waals surface area contributed by atoms with Crippen molar-refractivity contribution < 1.29 is 4.43 Å². The van der Waals surface area contributed by atoms with E-state index in [1.54, 1.807) is 0 Å². The molecule has 67 valence electrons. The van der Waals surface area contributed by atoms with Crippen LogP contribution in [0.25, 0.3) is 0 Å². The van der Waals surface area contributed by atoms with Gasteiger partial charge in [0.25, 0.3) is 0 Å². The lowest BCUT2D eigenvalue weighted by atomic mass is 10.2. The molecule has 0 aromatic rings. The van der Waals surface area contributed by atoms with Gasteiger partial charge in [-0.3, -0.25) is 0 Å². The van der Waals surface area contributed by atoms with E-state index in [-0.39, 0.29) is 0 Å². The van der Waals surface area contributed by atoms with Gasteiger partial charge in [-0.25, -0.2) is 0 Å². The fourth-order valence-corrected chi connectivity index (χ4v) is 1.41. The normalized spacial score (nSPS) is 13.6. The molecule has 0 aromatic heterocycles. The SMILES string of the molecule is CC[CH]O[Si](C)(C)C(C)(C)C. The Morgan fingerprint density at radius 3 is 2.00 bits per heavy atom. The zero-order valence-electron chi connectivity index (χ0n) is 8.69. The fourth-order valence-electron chi connectivity index (χ4n) is 0.468. The van der Waals surface area contributed by atoms with Gasteiger partial charge in [0.1, 0.15) is 0 Å². The largest absolute Gasteiger partial charge is 0.411 e. The number of hydrogen-bond donors (Lipinski definition) is 0. The molecule has 0 aliphatic heterocycles. The summed E-state index contributed by atoms with van der Waals surface area (Å²) in [7, 11) is -1.48. The fraction of sp³-hybridized carbons (Fsp3) is 0.889. The summed E-state index contributed by atoms with van der Waals surface area (Å²) < 4.78 is 5.76. The van der Waals surface area contributed by atoms with Crippen molar-refractivity contribution in [2.24, 2.45) is 0 Å². The minimum Gasteiger partial charge on any atom is -0.411 e. The van der Waals surface area contributed by atoms with Crippen LogP contribution >= 0.6 is 0 Å². The van der Waals surface area contributed by atoms with Crippen LogP contribution in [0, 0.1) is 6.61 Å². The number of hydrogen-bond acceptors (Lipinski definition) is 1. The molecule has 0 aromatic carbocycles. The molecule has 0 aliphatic carbocycles. The first-order chi connectivity index (χ1) is 4.81. The van der Waals surface area contributed by atoms with Crippen LogP contribution in [-0.4, -0.2) is 8.32 Å². The Balaban J connectivity index is 4.00. The van der Waals surface area contributed by atoms with Crippen molar-refractivity contribution in [3.63, 3.8) is 0 Å². The van der Waals surface area contributed by atoms with Crippen molar-refractivity contribution in [2.45, 2.75) is 52.2 Å². The van der Waals surface area contributed by atoms with Crippen LogP contribution in [-0.2, 0) is 4.43 Å². The van der Waals surface area contributed by atoms with Gasteiger partial charge in [-0.15, -0.1) is 0 Å². The average molecular weight is 173 g/mol. The molecule has 0 atom stereocenters. The average Bonchev–Trinajstić information content (AvgIpc) is 1.81. The predicted molar refractivity (Wildman–Crippen MR) is 52.9 cm³/mol. The number of rotatable bonds is 3. The Hall–Kier alpha value is 0.177. The van der Waals surface area contributed by atoms with Crippen molar-refractivity contribution in [1.29, 1.82) is 0 Å². The molecule has 11 heavy (non-hydrogen) atoms. The molecule has 0 N–H and O–H groups in total. The summed E-state index contributed by atoms with van der Waals surface area (Å²) in [6, 6.07) is 0. The van der Waals surface area contributed by atoms with Gasteiger partial charge in [-0.2, -0.15) is 0 Å². The van der Waals surface area contributed by atoms with Crippen LogP contribution in [0.1, 0.15) is 34.1 Å². The van der Waals surface area contributed by atoms with Gasteiger partial charge in [-0.05, 0) is 24.6 Å². The molecule has 0 spiro atoms. The Bertz CT molecular complexity index is 113. The van der Waals surface area contributed by atoms with Crippen molar-refractivity contribution in [1.82, 2.24) is 0 Å². The quantitative estimate of drug-likeness (QED) is 0.593. The Kier molecular flexibility index (Phi) is 3.78. The maximum absolute atomic E-state index is 5.76. The highest BCUT2D eigenvalue weighted by molar-refractivity contribution is 6.74. The van der Waals surface area contributed by atoms with Crippen molar-refractivity contribution in [2.75, 3.05) is 0 Å². The maximum atomic E-state index is 5.76. The first kappa shape index (κ1) is 11.2. The highest BCUT2D eigenvalue weighted by Gasteiger charge is 2.36. The highest BCUT2D eigenvalue weighted by atomic mass is 28.4. The molecule has 0 aliphatic rings. The van der Waals surface area contributed by atoms with Gasteiger partial charge in [0.15, 0.2) is 8.32 Å². The molecule has 0 saturated carbocycles. The zero-order chi connectivity index (χ0) is 9.12. The first-order valence-corrected chi connectivity index (χ1v) is 7.21. The topological polar surface area (TPSA) is 9.23 Å². The van der Waals surface area contributed by atoms with Gasteiger partial charge in [-0.1, -0.05) is 27.7 Å². The van der Waals surface area contributed by atoms with Gasteiger partial charge >= 0.3 is 0 Å². The summed E-state index contributed by atoms with van der Waals surface area (Å²) in [6.45, 7) is 15.3. The third-order valence-corrected chi connectivity index (χ3v) is 6.72. The Morgan fingerprint density at radius 2 is 1.73 bits per heavy atom. The van der Waals surface area contributed by atoms with E-state index in [0.29, 0.717) is 5.04 Å². The summed E-state index contributed by atoms with van der Waals surface area (Å²) in [5.74, 6) is 0. The van der Waals surface area contributed by atoms with E-state index in [9.17, 15) is 0 Å². The molecule has 0 amide bonds. The summed E-state index contributed by atoms with van der Waals surface area (Å²) in [4.78, 5) is 0. The van der Waals surface area contributed by atoms with Crippen LogP contribution in [0.15, 0.2) is 0 Å². The second-order valence-electron chi connectivity index (χ2n) is 4.45. The van der Waals surface area contributed by atoms with Gasteiger partial charge in [0, 0.05) is 0 Å². The van der Waals surface area contributed by atoms with E-state index in [4.69, 9.17) is 4.43 Å². The minimum atomic E-state index is -1.48. The van der Waals surface area contributed by atoms with E-state index in [2.05, 4.69) is 40.8 Å². The molecule has 0 unspecified atom stereocenters. The summed E-state index contributed by atoms with van der Waals surface area (Å²) in [5, 5.41) is 0.332. The Morgan fingerprint density at radius 1 is 1.27 bits per heavy atom. The molecule has 0 rings (SSSR count). The van der Waals surface area contributed by atoms with E-state index in [1.807, 2.05) is 6.61 Å². The van der Waals surface area contributed by atoms with Crippen molar-refractivity contribution >= 4 is 8.32 Å². The van der Waals surface area contributed by atoms with Crippen molar-refractivity contribution in [3.8, 4) is 0 Å². The van der Waals surface area contributed by atoms with E-state index >= 15 is 0 Å². The summed E-state index contributed by atoms with van der Waals surface area (Å²) >= 11 is 0. The van der Waals surface area contributed by atoms with E-state index < -0.39 is 8.32 Å². The molecule has 0 saturated heterocycles. The molecular formula is C9H21OSi. The smallest absolute Gasteiger partial charge is 0.192 e.